The summed E-state index contributed by atoms with van der Waals surface area (Å²) in [5, 5.41) is 7.85. The zero-order valence-corrected chi connectivity index (χ0v) is 9.28. The minimum absolute atomic E-state index is 0.0168. The maximum Gasteiger partial charge on any atom is 0.328 e. The molecule has 0 unspecified atom stereocenters. The van der Waals surface area contributed by atoms with E-state index in [0.29, 0.717) is 5.69 Å². The standard InChI is InChI=1S/C9H12N6O2/c1-14-3-2-7(12-14)5-17-8(16)4-15-6-11-9(10)13-15/h2-3,6H,4-5H2,1H3,(H2,10,13). The topological polar surface area (TPSA) is 101 Å². The van der Waals surface area contributed by atoms with Gasteiger partial charge in [0.25, 0.3) is 0 Å². The number of aromatic nitrogens is 5. The van der Waals surface area contributed by atoms with E-state index in [1.54, 1.807) is 24.0 Å². The largest absolute Gasteiger partial charge is 0.458 e. The van der Waals surface area contributed by atoms with E-state index in [1.807, 2.05) is 0 Å². The van der Waals surface area contributed by atoms with E-state index >= 15 is 0 Å². The monoisotopic (exact) mass is 236 g/mol. The van der Waals surface area contributed by atoms with Crippen molar-refractivity contribution in [3.8, 4) is 0 Å². The fraction of sp³-hybridized carbons (Fsp3) is 0.333. The third-order valence-electron chi connectivity index (χ3n) is 2.00. The number of anilines is 1. The molecule has 0 aliphatic heterocycles. The number of esters is 1. The Morgan fingerprint density at radius 1 is 1.53 bits per heavy atom. The van der Waals surface area contributed by atoms with E-state index < -0.39 is 5.97 Å². The van der Waals surface area contributed by atoms with Gasteiger partial charge in [-0.3, -0.25) is 9.48 Å². The lowest BCUT2D eigenvalue weighted by Crippen LogP contribution is -2.14. The Hall–Kier alpha value is -2.38. The molecule has 0 fully saturated rings. The lowest BCUT2D eigenvalue weighted by Gasteiger charge is -2.02. The molecule has 17 heavy (non-hydrogen) atoms. The number of ether oxygens (including phenoxy) is 1. The van der Waals surface area contributed by atoms with E-state index in [1.165, 1.54) is 11.0 Å². The molecule has 8 heteroatoms. The van der Waals surface area contributed by atoms with E-state index in [4.69, 9.17) is 10.5 Å². The number of nitrogens with two attached hydrogens (primary N) is 1. The van der Waals surface area contributed by atoms with E-state index in [0.717, 1.165) is 0 Å². The molecule has 90 valence electrons. The Kier molecular flexibility index (Phi) is 3.03. The predicted molar refractivity (Wildman–Crippen MR) is 57.4 cm³/mol. The number of carbonyl (C=O) groups is 1. The maximum absolute atomic E-state index is 11.4. The molecule has 0 bridgehead atoms. The molecule has 0 atom stereocenters. The van der Waals surface area contributed by atoms with Crippen LogP contribution < -0.4 is 5.73 Å². The van der Waals surface area contributed by atoms with Gasteiger partial charge < -0.3 is 10.5 Å². The summed E-state index contributed by atoms with van der Waals surface area (Å²) < 4.78 is 7.97. The van der Waals surface area contributed by atoms with Crippen LogP contribution in [0, 0.1) is 0 Å². The Balaban J connectivity index is 1.82. The lowest BCUT2D eigenvalue weighted by atomic mass is 10.5. The van der Waals surface area contributed by atoms with Gasteiger partial charge in [-0.05, 0) is 6.07 Å². The molecule has 0 aromatic carbocycles. The summed E-state index contributed by atoms with van der Waals surface area (Å²) in [4.78, 5) is 15.1. The maximum atomic E-state index is 11.4. The predicted octanol–water partition coefficient (Wildman–Crippen LogP) is -0.663. The van der Waals surface area contributed by atoms with Crippen molar-refractivity contribution < 1.29 is 9.53 Å². The molecule has 0 saturated carbocycles. The highest BCUT2D eigenvalue weighted by atomic mass is 16.5. The molecule has 2 aromatic rings. The molecular formula is C9H12N6O2. The van der Waals surface area contributed by atoms with Gasteiger partial charge in [0.15, 0.2) is 0 Å². The smallest absolute Gasteiger partial charge is 0.328 e. The number of hydrogen-bond donors (Lipinski definition) is 1. The van der Waals surface area contributed by atoms with Crippen LogP contribution in [-0.4, -0.2) is 30.5 Å². The third kappa shape index (κ3) is 3.03. The number of hydrogen-bond acceptors (Lipinski definition) is 6. The van der Waals surface area contributed by atoms with Crippen LogP contribution in [0.2, 0.25) is 0 Å². The van der Waals surface area contributed by atoms with Crippen molar-refractivity contribution >= 4 is 11.9 Å². The molecule has 0 aliphatic rings. The molecule has 2 aromatic heterocycles. The highest BCUT2D eigenvalue weighted by molar-refractivity contribution is 5.69. The normalized spacial score (nSPS) is 10.4. The van der Waals surface area contributed by atoms with E-state index in [9.17, 15) is 4.79 Å². The first kappa shape index (κ1) is 11.1. The zero-order valence-electron chi connectivity index (χ0n) is 9.28. The fourth-order valence-electron chi connectivity index (χ4n) is 1.26. The molecule has 0 saturated heterocycles. The minimum atomic E-state index is -0.416. The first-order valence-corrected chi connectivity index (χ1v) is 4.92. The molecule has 2 N–H and O–H groups in total. The molecule has 0 spiro atoms. The summed E-state index contributed by atoms with van der Waals surface area (Å²) in [5.74, 6) is -0.289. The SMILES string of the molecule is Cn1ccc(COC(=O)Cn2cnc(N)n2)n1. The van der Waals surface area contributed by atoms with Crippen molar-refractivity contribution in [1.82, 2.24) is 24.5 Å². The first-order chi connectivity index (χ1) is 8.13. The first-order valence-electron chi connectivity index (χ1n) is 4.92. The van der Waals surface area contributed by atoms with Crippen molar-refractivity contribution in [3.05, 3.63) is 24.3 Å². The van der Waals surface area contributed by atoms with Gasteiger partial charge in [0.2, 0.25) is 5.95 Å². The summed E-state index contributed by atoms with van der Waals surface area (Å²) in [7, 11) is 1.80. The lowest BCUT2D eigenvalue weighted by molar-refractivity contribution is -0.146. The summed E-state index contributed by atoms with van der Waals surface area (Å²) >= 11 is 0. The fourth-order valence-corrected chi connectivity index (χ4v) is 1.26. The van der Waals surface area contributed by atoms with Gasteiger partial charge >= 0.3 is 5.97 Å². The van der Waals surface area contributed by atoms with E-state index in [2.05, 4.69) is 15.2 Å². The molecular weight excluding hydrogens is 224 g/mol. The second-order valence-electron chi connectivity index (χ2n) is 3.44. The minimum Gasteiger partial charge on any atom is -0.458 e. The van der Waals surface area contributed by atoms with Crippen molar-refractivity contribution in [2.75, 3.05) is 5.73 Å². The number of rotatable bonds is 4. The Labute approximate surface area is 97.0 Å². The average molecular weight is 236 g/mol. The molecule has 2 heterocycles. The molecule has 0 amide bonds. The summed E-state index contributed by atoms with van der Waals surface area (Å²) in [5.41, 5.74) is 6.01. The Bertz CT molecular complexity index is 517. The van der Waals surface area contributed by atoms with Gasteiger partial charge in [-0.25, -0.2) is 9.67 Å². The van der Waals surface area contributed by atoms with Gasteiger partial charge in [0, 0.05) is 13.2 Å². The zero-order chi connectivity index (χ0) is 12.3. The number of aryl methyl sites for hydroxylation is 1. The molecule has 2 rings (SSSR count). The highest BCUT2D eigenvalue weighted by Crippen LogP contribution is 1.98. The van der Waals surface area contributed by atoms with Crippen LogP contribution in [0.3, 0.4) is 0 Å². The Morgan fingerprint density at radius 3 is 2.94 bits per heavy atom. The van der Waals surface area contributed by atoms with Crippen molar-refractivity contribution in [2.45, 2.75) is 13.2 Å². The van der Waals surface area contributed by atoms with Crippen LogP contribution in [0.5, 0.6) is 0 Å². The quantitative estimate of drug-likeness (QED) is 0.707. The van der Waals surface area contributed by atoms with E-state index in [-0.39, 0.29) is 19.1 Å². The summed E-state index contributed by atoms with van der Waals surface area (Å²) in [6.07, 6.45) is 3.15. The highest BCUT2D eigenvalue weighted by Gasteiger charge is 2.07. The second-order valence-corrected chi connectivity index (χ2v) is 3.44. The van der Waals surface area contributed by atoms with Gasteiger partial charge in [0.1, 0.15) is 19.5 Å². The van der Waals surface area contributed by atoms with Crippen LogP contribution in [0.15, 0.2) is 18.6 Å². The van der Waals surface area contributed by atoms with Crippen molar-refractivity contribution in [3.63, 3.8) is 0 Å². The van der Waals surface area contributed by atoms with Crippen molar-refractivity contribution in [2.24, 2.45) is 7.05 Å². The van der Waals surface area contributed by atoms with Gasteiger partial charge in [-0.2, -0.15) is 5.10 Å². The van der Waals surface area contributed by atoms with Crippen LogP contribution >= 0.6 is 0 Å². The van der Waals surface area contributed by atoms with Crippen LogP contribution in [-0.2, 0) is 29.7 Å². The van der Waals surface area contributed by atoms with Gasteiger partial charge in [0.05, 0.1) is 5.69 Å². The number of nitrogen functional groups attached to an aromatic ring is 1. The summed E-state index contributed by atoms with van der Waals surface area (Å²) in [6.45, 7) is 0.126. The van der Waals surface area contributed by atoms with Crippen LogP contribution in [0.1, 0.15) is 5.69 Å². The summed E-state index contributed by atoms with van der Waals surface area (Å²) in [6, 6.07) is 1.78. The third-order valence-corrected chi connectivity index (χ3v) is 2.00. The van der Waals surface area contributed by atoms with Gasteiger partial charge in [-0.1, -0.05) is 0 Å². The Morgan fingerprint density at radius 2 is 2.35 bits per heavy atom. The van der Waals surface area contributed by atoms with Crippen molar-refractivity contribution in [1.29, 1.82) is 0 Å². The molecule has 8 nitrogen and oxygen atoms in total. The number of carbonyl (C=O) groups excluding carboxylic acids is 1. The average Bonchev–Trinajstić information content (AvgIpc) is 2.85. The molecule has 0 radical (unpaired) electrons. The van der Waals surface area contributed by atoms with Crippen LogP contribution in [0.4, 0.5) is 5.95 Å². The number of nitrogens with zero attached hydrogens (tertiary/aromatic N) is 5. The van der Waals surface area contributed by atoms with Crippen LogP contribution in [0.25, 0.3) is 0 Å². The van der Waals surface area contributed by atoms with Gasteiger partial charge in [-0.15, -0.1) is 5.10 Å². The second kappa shape index (κ2) is 4.64. The molecule has 0 aliphatic carbocycles.